The zero-order valence-corrected chi connectivity index (χ0v) is 22.9. The largest absolute Gasteiger partial charge is 0.480 e. The van der Waals surface area contributed by atoms with E-state index in [1.165, 1.54) is 0 Å². The standard InChI is InChI=1S/C31H28F4N2O6/c32-24-15-25(33)30(35)31(29(24)34)43-19-26(39)21(14-28(41)42-18-20-7-3-1-4-8-20)13-23(38)16-36-11-12-37(27(40)17-36)22-9-5-2-6-10-22/h1-10,15,21H,11-14,16-19H2/t21-/m0/s1. The molecule has 43 heavy (non-hydrogen) atoms. The van der Waals surface area contributed by atoms with Crippen molar-refractivity contribution in [3.8, 4) is 5.75 Å². The maximum absolute atomic E-state index is 14.0. The monoisotopic (exact) mass is 600 g/mol. The van der Waals surface area contributed by atoms with Gasteiger partial charge >= 0.3 is 5.97 Å². The fourth-order valence-electron chi connectivity index (χ4n) is 4.56. The predicted octanol–water partition coefficient (Wildman–Crippen LogP) is 4.25. The average Bonchev–Trinajstić information content (AvgIpc) is 2.99. The van der Waals surface area contributed by atoms with E-state index in [-0.39, 0.29) is 31.7 Å². The molecule has 3 aromatic carbocycles. The van der Waals surface area contributed by atoms with E-state index in [1.807, 2.05) is 6.07 Å². The van der Waals surface area contributed by atoms with Gasteiger partial charge in [-0.05, 0) is 17.7 Å². The third-order valence-electron chi connectivity index (χ3n) is 6.78. The zero-order chi connectivity index (χ0) is 30.9. The fourth-order valence-corrected chi connectivity index (χ4v) is 4.56. The molecular formula is C31H28F4N2O6. The number of carbonyl (C=O) groups is 4. The SMILES string of the molecule is O=C(C[C@@H](CC(=O)OCc1ccccc1)C(=O)COc1c(F)c(F)cc(F)c1F)CN1CCN(c2ccccc2)C(=O)C1. The summed E-state index contributed by atoms with van der Waals surface area (Å²) in [6.45, 7) is -0.718. The summed E-state index contributed by atoms with van der Waals surface area (Å²) in [5, 5.41) is 0. The number of esters is 1. The highest BCUT2D eigenvalue weighted by Crippen LogP contribution is 2.27. The first-order valence-electron chi connectivity index (χ1n) is 13.4. The summed E-state index contributed by atoms with van der Waals surface area (Å²) < 4.78 is 65.2. The van der Waals surface area contributed by atoms with E-state index in [1.54, 1.807) is 64.4 Å². The summed E-state index contributed by atoms with van der Waals surface area (Å²) >= 11 is 0. The van der Waals surface area contributed by atoms with Gasteiger partial charge in [0.2, 0.25) is 17.5 Å². The number of ether oxygens (including phenoxy) is 2. The number of hydrogen-bond donors (Lipinski definition) is 0. The number of ketones is 2. The second kappa shape index (κ2) is 14.5. The molecule has 8 nitrogen and oxygen atoms in total. The first-order valence-corrected chi connectivity index (χ1v) is 13.4. The van der Waals surface area contributed by atoms with Crippen molar-refractivity contribution in [3.63, 3.8) is 0 Å². The molecule has 0 radical (unpaired) electrons. The van der Waals surface area contributed by atoms with Crippen molar-refractivity contribution < 1.29 is 46.2 Å². The van der Waals surface area contributed by atoms with Crippen LogP contribution in [0.1, 0.15) is 18.4 Å². The molecule has 0 saturated carbocycles. The zero-order valence-electron chi connectivity index (χ0n) is 22.9. The van der Waals surface area contributed by atoms with Gasteiger partial charge in [0.25, 0.3) is 0 Å². The smallest absolute Gasteiger partial charge is 0.306 e. The van der Waals surface area contributed by atoms with Crippen molar-refractivity contribution in [2.45, 2.75) is 19.4 Å². The summed E-state index contributed by atoms with van der Waals surface area (Å²) in [5.41, 5.74) is 1.40. The van der Waals surface area contributed by atoms with Gasteiger partial charge in [0.05, 0.1) is 19.5 Å². The number of rotatable bonds is 13. The number of carbonyl (C=O) groups excluding carboxylic acids is 4. The molecule has 0 aromatic heterocycles. The van der Waals surface area contributed by atoms with Crippen LogP contribution < -0.4 is 9.64 Å². The Bertz CT molecular complexity index is 1450. The normalized spacial score (nSPS) is 14.3. The predicted molar refractivity (Wildman–Crippen MR) is 146 cm³/mol. The fraction of sp³-hybridized carbons (Fsp3) is 0.290. The van der Waals surface area contributed by atoms with Crippen LogP contribution in [0.3, 0.4) is 0 Å². The lowest BCUT2D eigenvalue weighted by Crippen LogP contribution is -2.51. The molecule has 1 aliphatic heterocycles. The topological polar surface area (TPSA) is 93.2 Å². The molecular weight excluding hydrogens is 572 g/mol. The molecule has 0 unspecified atom stereocenters. The number of benzene rings is 3. The summed E-state index contributed by atoms with van der Waals surface area (Å²) in [7, 11) is 0. The lowest BCUT2D eigenvalue weighted by Gasteiger charge is -2.34. The molecule has 1 fully saturated rings. The van der Waals surface area contributed by atoms with Gasteiger partial charge < -0.3 is 14.4 Å². The van der Waals surface area contributed by atoms with E-state index < -0.39 is 71.9 Å². The molecule has 4 rings (SSSR count). The molecule has 1 heterocycles. The third kappa shape index (κ3) is 8.48. The molecule has 12 heteroatoms. The summed E-state index contributed by atoms with van der Waals surface area (Å²) in [6.07, 6.45) is -1.04. The van der Waals surface area contributed by atoms with Gasteiger partial charge in [-0.3, -0.25) is 24.1 Å². The summed E-state index contributed by atoms with van der Waals surface area (Å²) in [6, 6.07) is 17.7. The molecule has 0 N–H and O–H groups in total. The minimum absolute atomic E-state index is 0.00598. The molecule has 1 amide bonds. The number of amides is 1. The molecule has 3 aromatic rings. The van der Waals surface area contributed by atoms with E-state index in [0.29, 0.717) is 18.7 Å². The lowest BCUT2D eigenvalue weighted by molar-refractivity contribution is -0.148. The Hall–Kier alpha value is -4.58. The van der Waals surface area contributed by atoms with E-state index in [0.717, 1.165) is 5.69 Å². The number of Topliss-reactive ketones (excluding diaryl/α,β-unsaturated/α-hetero) is 2. The van der Waals surface area contributed by atoms with E-state index in [2.05, 4.69) is 0 Å². The minimum Gasteiger partial charge on any atom is -0.480 e. The molecule has 1 saturated heterocycles. The van der Waals surface area contributed by atoms with Gasteiger partial charge in [0.1, 0.15) is 19.0 Å². The highest BCUT2D eigenvalue weighted by molar-refractivity contribution is 5.96. The van der Waals surface area contributed by atoms with Crippen LogP contribution in [0, 0.1) is 29.2 Å². The Labute approximate surface area is 244 Å². The van der Waals surface area contributed by atoms with Gasteiger partial charge in [-0.1, -0.05) is 48.5 Å². The van der Waals surface area contributed by atoms with Crippen LogP contribution in [0.2, 0.25) is 0 Å². The quantitative estimate of drug-likeness (QED) is 0.165. The Balaban J connectivity index is 1.39. The Morgan fingerprint density at radius 3 is 2.09 bits per heavy atom. The number of para-hydroxylation sites is 1. The minimum atomic E-state index is -1.83. The maximum atomic E-state index is 14.0. The van der Waals surface area contributed by atoms with Crippen LogP contribution in [0.5, 0.6) is 5.75 Å². The number of nitrogens with zero attached hydrogens (tertiary/aromatic N) is 2. The Morgan fingerprint density at radius 2 is 1.47 bits per heavy atom. The van der Waals surface area contributed by atoms with Gasteiger partial charge in [0.15, 0.2) is 23.2 Å². The van der Waals surface area contributed by atoms with Crippen LogP contribution in [0.25, 0.3) is 0 Å². The van der Waals surface area contributed by atoms with Crippen LogP contribution in [-0.2, 0) is 30.5 Å². The molecule has 0 aliphatic carbocycles. The number of hydrogen-bond acceptors (Lipinski definition) is 7. The van der Waals surface area contributed by atoms with Crippen molar-refractivity contribution in [2.75, 3.05) is 37.7 Å². The molecule has 226 valence electrons. The Morgan fingerprint density at radius 1 is 0.837 bits per heavy atom. The number of halogens is 4. The highest BCUT2D eigenvalue weighted by Gasteiger charge is 2.30. The van der Waals surface area contributed by atoms with Crippen LogP contribution in [0.4, 0.5) is 23.2 Å². The van der Waals surface area contributed by atoms with Crippen molar-refractivity contribution in [1.82, 2.24) is 4.90 Å². The summed E-state index contributed by atoms with van der Waals surface area (Å²) in [5.74, 6) is -12.3. The van der Waals surface area contributed by atoms with Crippen molar-refractivity contribution >= 4 is 29.1 Å². The van der Waals surface area contributed by atoms with E-state index in [9.17, 15) is 36.7 Å². The average molecular weight is 601 g/mol. The van der Waals surface area contributed by atoms with Gasteiger partial charge in [-0.25, -0.2) is 8.78 Å². The highest BCUT2D eigenvalue weighted by atomic mass is 19.2. The third-order valence-corrected chi connectivity index (χ3v) is 6.78. The van der Waals surface area contributed by atoms with E-state index in [4.69, 9.17) is 9.47 Å². The maximum Gasteiger partial charge on any atom is 0.306 e. The van der Waals surface area contributed by atoms with Crippen molar-refractivity contribution in [3.05, 3.63) is 95.6 Å². The first-order chi connectivity index (χ1) is 20.6. The number of anilines is 1. The molecule has 0 bridgehead atoms. The van der Waals surface area contributed by atoms with Crippen molar-refractivity contribution in [2.24, 2.45) is 5.92 Å². The van der Waals surface area contributed by atoms with Gasteiger partial charge in [-0.15, -0.1) is 0 Å². The molecule has 1 atom stereocenters. The van der Waals surface area contributed by atoms with E-state index >= 15 is 0 Å². The first kappa shape index (κ1) is 31.4. The van der Waals surface area contributed by atoms with Crippen LogP contribution >= 0.6 is 0 Å². The number of piperazine rings is 1. The van der Waals surface area contributed by atoms with Gasteiger partial charge in [0, 0.05) is 37.2 Å². The van der Waals surface area contributed by atoms with Crippen molar-refractivity contribution in [1.29, 1.82) is 0 Å². The second-order valence-corrected chi connectivity index (χ2v) is 9.93. The second-order valence-electron chi connectivity index (χ2n) is 9.93. The molecule has 0 spiro atoms. The summed E-state index contributed by atoms with van der Waals surface area (Å²) in [4.78, 5) is 54.5. The molecule has 1 aliphatic rings. The Kier molecular flexibility index (Phi) is 10.6. The van der Waals surface area contributed by atoms with Crippen LogP contribution in [-0.4, -0.2) is 61.1 Å². The van der Waals surface area contributed by atoms with Gasteiger partial charge in [-0.2, -0.15) is 8.78 Å². The van der Waals surface area contributed by atoms with Crippen LogP contribution in [0.15, 0.2) is 66.7 Å². The lowest BCUT2D eigenvalue weighted by atomic mass is 9.94.